The van der Waals surface area contributed by atoms with Gasteiger partial charge in [0.25, 0.3) is 0 Å². The van der Waals surface area contributed by atoms with Crippen LogP contribution in [0.1, 0.15) is 54.9 Å². The molecule has 1 aromatic rings. The first-order chi connectivity index (χ1) is 9.33. The number of rotatable bonds is 2. The minimum absolute atomic E-state index is 0.395. The summed E-state index contributed by atoms with van der Waals surface area (Å²) in [6, 6.07) is 0. The third kappa shape index (κ3) is 3.34. The Kier molecular flexibility index (Phi) is 4.48. The van der Waals surface area contributed by atoms with Crippen molar-refractivity contribution < 1.29 is 0 Å². The summed E-state index contributed by atoms with van der Waals surface area (Å²) in [6.07, 6.45) is 6.34. The van der Waals surface area contributed by atoms with Crippen molar-refractivity contribution in [1.29, 1.82) is 0 Å². The molecule has 1 saturated carbocycles. The summed E-state index contributed by atoms with van der Waals surface area (Å²) in [4.78, 5) is 13.5. The van der Waals surface area contributed by atoms with Gasteiger partial charge in [-0.05, 0) is 12.8 Å². The molecule has 1 saturated heterocycles. The lowest BCUT2D eigenvalue weighted by Gasteiger charge is -2.23. The van der Waals surface area contributed by atoms with Crippen molar-refractivity contribution in [1.82, 2.24) is 15.0 Å². The van der Waals surface area contributed by atoms with Crippen molar-refractivity contribution in [3.63, 3.8) is 0 Å². The molecule has 0 amide bonds. The summed E-state index contributed by atoms with van der Waals surface area (Å²) in [7, 11) is 0. The highest BCUT2D eigenvalue weighted by Gasteiger charge is 2.24. The second-order valence-corrected chi connectivity index (χ2v) is 7.64. The summed E-state index contributed by atoms with van der Waals surface area (Å²) in [6.45, 7) is 0. The fourth-order valence-corrected chi connectivity index (χ4v) is 5.35. The Morgan fingerprint density at radius 1 is 0.947 bits per heavy atom. The normalized spacial score (nSPS) is 25.4. The van der Waals surface area contributed by atoms with E-state index in [2.05, 4.69) is 9.97 Å². The molecule has 0 radical (unpaired) electrons. The molecule has 2 fully saturated rings. The highest BCUT2D eigenvalue weighted by atomic mass is 32.2. The minimum Gasteiger partial charge on any atom is -0.368 e. The van der Waals surface area contributed by atoms with Crippen LogP contribution in [0.3, 0.4) is 0 Å². The molecule has 2 N–H and O–H groups in total. The molecular formula is C13H20N4S2. The predicted octanol–water partition coefficient (Wildman–Crippen LogP) is 3.02. The Hall–Kier alpha value is -0.490. The number of aromatic nitrogens is 3. The summed E-state index contributed by atoms with van der Waals surface area (Å²) >= 11 is 3.93. The van der Waals surface area contributed by atoms with E-state index in [0.717, 1.165) is 17.4 Å². The van der Waals surface area contributed by atoms with Gasteiger partial charge in [-0.3, -0.25) is 0 Å². The Bertz CT molecular complexity index is 392. The molecule has 104 valence electrons. The molecule has 2 heterocycles. The largest absolute Gasteiger partial charge is 0.368 e. The molecule has 3 rings (SSSR count). The van der Waals surface area contributed by atoms with Crippen LogP contribution in [-0.2, 0) is 0 Å². The average molecular weight is 296 g/mol. The average Bonchev–Trinajstić information content (AvgIpc) is 2.48. The van der Waals surface area contributed by atoms with Crippen LogP contribution in [0.15, 0.2) is 0 Å². The first kappa shape index (κ1) is 13.5. The van der Waals surface area contributed by atoms with Crippen molar-refractivity contribution in [2.75, 3.05) is 23.0 Å². The highest BCUT2D eigenvalue weighted by molar-refractivity contribution is 8.06. The summed E-state index contributed by atoms with van der Waals surface area (Å²) in [5, 5.41) is 0.395. The number of nitrogen functional groups attached to an aromatic ring is 1. The van der Waals surface area contributed by atoms with Gasteiger partial charge in [-0.15, -0.1) is 11.8 Å². The second kappa shape index (κ2) is 6.31. The van der Waals surface area contributed by atoms with Crippen molar-refractivity contribution in [2.24, 2.45) is 0 Å². The molecule has 6 heteroatoms. The van der Waals surface area contributed by atoms with Gasteiger partial charge in [-0.2, -0.15) is 21.7 Å². The van der Waals surface area contributed by atoms with Crippen molar-refractivity contribution >= 4 is 29.5 Å². The fourth-order valence-electron chi connectivity index (χ4n) is 2.75. The Balaban J connectivity index is 1.82. The molecule has 0 spiro atoms. The topological polar surface area (TPSA) is 64.7 Å². The van der Waals surface area contributed by atoms with E-state index in [9.17, 15) is 0 Å². The lowest BCUT2D eigenvalue weighted by molar-refractivity contribution is 0.427. The van der Waals surface area contributed by atoms with E-state index < -0.39 is 0 Å². The number of nitrogens with zero attached hydrogens (tertiary/aromatic N) is 3. The van der Waals surface area contributed by atoms with Crippen molar-refractivity contribution in [2.45, 2.75) is 43.3 Å². The quantitative estimate of drug-likeness (QED) is 0.905. The smallest absolute Gasteiger partial charge is 0.223 e. The Morgan fingerprint density at radius 3 is 2.47 bits per heavy atom. The Labute approximate surface area is 122 Å². The van der Waals surface area contributed by atoms with E-state index in [1.807, 2.05) is 23.5 Å². The van der Waals surface area contributed by atoms with Crippen LogP contribution in [0.25, 0.3) is 0 Å². The number of nitrogens with two attached hydrogens (primary N) is 1. The van der Waals surface area contributed by atoms with Crippen molar-refractivity contribution in [3.05, 3.63) is 11.6 Å². The second-order valence-electron chi connectivity index (χ2n) is 5.18. The van der Waals surface area contributed by atoms with Gasteiger partial charge in [0.2, 0.25) is 5.95 Å². The van der Waals surface area contributed by atoms with Crippen LogP contribution < -0.4 is 5.73 Å². The fraction of sp³-hybridized carbons (Fsp3) is 0.769. The number of hydrogen-bond donors (Lipinski definition) is 1. The number of hydrogen-bond acceptors (Lipinski definition) is 6. The van der Waals surface area contributed by atoms with Crippen LogP contribution in [-0.4, -0.2) is 32.2 Å². The van der Waals surface area contributed by atoms with Gasteiger partial charge in [-0.25, -0.2) is 4.98 Å². The monoisotopic (exact) mass is 296 g/mol. The molecule has 1 atom stereocenters. The molecular weight excluding hydrogens is 276 g/mol. The molecule has 1 aliphatic carbocycles. The van der Waals surface area contributed by atoms with Gasteiger partial charge in [0, 0.05) is 23.2 Å². The van der Waals surface area contributed by atoms with E-state index in [4.69, 9.17) is 10.7 Å². The lowest BCUT2D eigenvalue weighted by Crippen LogP contribution is -2.17. The van der Waals surface area contributed by atoms with Crippen LogP contribution >= 0.6 is 23.5 Å². The van der Waals surface area contributed by atoms with Crippen LogP contribution in [0, 0.1) is 0 Å². The standard InChI is InChI=1S/C13H20N4S2/c14-13-16-11(9-4-2-1-3-5-9)15-12(17-13)10-8-18-6-7-19-10/h9-10H,1-8H2,(H2,14,15,16,17). The third-order valence-electron chi connectivity index (χ3n) is 3.76. The van der Waals surface area contributed by atoms with E-state index in [1.54, 1.807) is 0 Å². The van der Waals surface area contributed by atoms with Gasteiger partial charge in [0.1, 0.15) is 11.6 Å². The van der Waals surface area contributed by atoms with Gasteiger partial charge in [0.05, 0.1) is 5.25 Å². The van der Waals surface area contributed by atoms with Crippen LogP contribution in [0.5, 0.6) is 0 Å². The molecule has 1 aliphatic heterocycles. The van der Waals surface area contributed by atoms with Gasteiger partial charge >= 0.3 is 0 Å². The molecule has 0 bridgehead atoms. The predicted molar refractivity (Wildman–Crippen MR) is 82.6 cm³/mol. The lowest BCUT2D eigenvalue weighted by atomic mass is 9.89. The first-order valence-corrected chi connectivity index (χ1v) is 9.24. The minimum atomic E-state index is 0.395. The zero-order valence-electron chi connectivity index (χ0n) is 11.0. The third-order valence-corrected chi connectivity index (χ3v) is 6.51. The number of anilines is 1. The summed E-state index contributed by atoms with van der Waals surface area (Å²) in [5.74, 6) is 6.26. The van der Waals surface area contributed by atoms with E-state index in [0.29, 0.717) is 17.1 Å². The zero-order valence-corrected chi connectivity index (χ0v) is 12.7. The molecule has 1 aromatic heterocycles. The van der Waals surface area contributed by atoms with E-state index in [1.165, 1.54) is 43.6 Å². The van der Waals surface area contributed by atoms with Gasteiger partial charge in [0.15, 0.2) is 0 Å². The zero-order chi connectivity index (χ0) is 13.1. The van der Waals surface area contributed by atoms with Crippen LogP contribution in [0.4, 0.5) is 5.95 Å². The summed E-state index contributed by atoms with van der Waals surface area (Å²) in [5.41, 5.74) is 5.89. The molecule has 0 aromatic carbocycles. The van der Waals surface area contributed by atoms with Gasteiger partial charge in [-0.1, -0.05) is 19.3 Å². The maximum Gasteiger partial charge on any atom is 0.223 e. The number of thioether (sulfide) groups is 2. The first-order valence-electron chi connectivity index (χ1n) is 7.03. The molecule has 19 heavy (non-hydrogen) atoms. The molecule has 4 nitrogen and oxygen atoms in total. The van der Waals surface area contributed by atoms with Gasteiger partial charge < -0.3 is 5.73 Å². The van der Waals surface area contributed by atoms with E-state index >= 15 is 0 Å². The van der Waals surface area contributed by atoms with E-state index in [-0.39, 0.29) is 0 Å². The van der Waals surface area contributed by atoms with Crippen LogP contribution in [0.2, 0.25) is 0 Å². The summed E-state index contributed by atoms with van der Waals surface area (Å²) < 4.78 is 0. The highest BCUT2D eigenvalue weighted by Crippen LogP contribution is 2.36. The molecule has 1 unspecified atom stereocenters. The maximum absolute atomic E-state index is 5.89. The van der Waals surface area contributed by atoms with Crippen molar-refractivity contribution in [3.8, 4) is 0 Å². The Morgan fingerprint density at radius 2 is 1.74 bits per heavy atom. The molecule has 2 aliphatic rings. The SMILES string of the molecule is Nc1nc(C2CCCCC2)nc(C2CSCCS2)n1. The maximum atomic E-state index is 5.89.